The van der Waals surface area contributed by atoms with E-state index in [2.05, 4.69) is 29.4 Å². The Balaban J connectivity index is 1.53. The first-order chi connectivity index (χ1) is 9.22. The Morgan fingerprint density at radius 1 is 1.37 bits per heavy atom. The summed E-state index contributed by atoms with van der Waals surface area (Å²) in [5.41, 5.74) is 1.26. The zero-order valence-electron chi connectivity index (χ0n) is 12.1. The molecule has 3 rings (SSSR count). The van der Waals surface area contributed by atoms with Crippen molar-refractivity contribution in [3.05, 3.63) is 16.1 Å². The average Bonchev–Trinajstić information content (AvgIpc) is 3.13. The third kappa shape index (κ3) is 3.56. The fourth-order valence-electron chi connectivity index (χ4n) is 2.87. The summed E-state index contributed by atoms with van der Waals surface area (Å²) in [6.45, 7) is 7.97. The maximum absolute atomic E-state index is 4.78. The number of nitrogens with one attached hydrogen (secondary N) is 1. The summed E-state index contributed by atoms with van der Waals surface area (Å²) < 4.78 is 0. The third-order valence-electron chi connectivity index (χ3n) is 4.59. The van der Waals surface area contributed by atoms with Gasteiger partial charge in [-0.3, -0.25) is 4.90 Å². The molecule has 2 heterocycles. The molecule has 0 bridgehead atoms. The van der Waals surface area contributed by atoms with Gasteiger partial charge in [-0.05, 0) is 45.1 Å². The van der Waals surface area contributed by atoms with E-state index in [1.54, 1.807) is 0 Å². The van der Waals surface area contributed by atoms with Crippen LogP contribution in [0.1, 0.15) is 50.2 Å². The number of rotatable bonds is 5. The van der Waals surface area contributed by atoms with Crippen LogP contribution in [0.15, 0.2) is 5.38 Å². The lowest BCUT2D eigenvalue weighted by Gasteiger charge is -2.37. The van der Waals surface area contributed by atoms with E-state index in [1.165, 1.54) is 42.9 Å². The lowest BCUT2D eigenvalue weighted by atomic mass is 9.92. The summed E-state index contributed by atoms with van der Waals surface area (Å²) in [5, 5.41) is 7.04. The molecular weight excluding hydrogens is 254 g/mol. The second-order valence-electron chi connectivity index (χ2n) is 6.22. The molecule has 0 aromatic carbocycles. The highest BCUT2D eigenvalue weighted by Gasteiger charge is 2.25. The standard InChI is InChI=1S/C15H25N3S/c1-11-4-3-7-18(12(11)2)9-14-10-19-15(17-14)8-16-13-5-6-13/h10-13,16H,3-9H2,1-2H3. The average molecular weight is 279 g/mol. The van der Waals surface area contributed by atoms with E-state index in [9.17, 15) is 0 Å². The maximum Gasteiger partial charge on any atom is 0.107 e. The van der Waals surface area contributed by atoms with E-state index in [0.29, 0.717) is 6.04 Å². The quantitative estimate of drug-likeness (QED) is 0.898. The Hall–Kier alpha value is -0.450. The van der Waals surface area contributed by atoms with Crippen LogP contribution >= 0.6 is 11.3 Å². The summed E-state index contributed by atoms with van der Waals surface area (Å²) in [4.78, 5) is 7.38. The molecule has 19 heavy (non-hydrogen) atoms. The number of piperidine rings is 1. The van der Waals surface area contributed by atoms with Crippen molar-refractivity contribution in [2.75, 3.05) is 6.54 Å². The van der Waals surface area contributed by atoms with Gasteiger partial charge in [-0.2, -0.15) is 0 Å². The van der Waals surface area contributed by atoms with Crippen molar-refractivity contribution >= 4 is 11.3 Å². The maximum atomic E-state index is 4.78. The normalized spacial score (nSPS) is 28.7. The first kappa shape index (κ1) is 13.5. The lowest BCUT2D eigenvalue weighted by molar-refractivity contribution is 0.105. The molecule has 2 unspecified atom stereocenters. The Bertz CT molecular complexity index is 413. The van der Waals surface area contributed by atoms with Crippen molar-refractivity contribution < 1.29 is 0 Å². The molecule has 1 aromatic rings. The largest absolute Gasteiger partial charge is 0.308 e. The number of likely N-dealkylation sites (tertiary alicyclic amines) is 1. The van der Waals surface area contributed by atoms with E-state index in [4.69, 9.17) is 4.98 Å². The van der Waals surface area contributed by atoms with E-state index >= 15 is 0 Å². The minimum absolute atomic E-state index is 0.698. The number of hydrogen-bond donors (Lipinski definition) is 1. The van der Waals surface area contributed by atoms with Crippen LogP contribution in [0, 0.1) is 5.92 Å². The second kappa shape index (κ2) is 5.90. The van der Waals surface area contributed by atoms with Crippen LogP contribution in [0.2, 0.25) is 0 Å². The van der Waals surface area contributed by atoms with Gasteiger partial charge in [0.2, 0.25) is 0 Å². The van der Waals surface area contributed by atoms with Crippen molar-refractivity contribution in [2.24, 2.45) is 5.92 Å². The van der Waals surface area contributed by atoms with Crippen LogP contribution in [-0.4, -0.2) is 28.5 Å². The first-order valence-electron chi connectivity index (χ1n) is 7.63. The number of thiazole rings is 1. The van der Waals surface area contributed by atoms with E-state index in [-0.39, 0.29) is 0 Å². The zero-order valence-corrected chi connectivity index (χ0v) is 12.9. The van der Waals surface area contributed by atoms with Crippen LogP contribution < -0.4 is 5.32 Å². The topological polar surface area (TPSA) is 28.2 Å². The molecule has 2 atom stereocenters. The van der Waals surface area contributed by atoms with Gasteiger partial charge in [0.1, 0.15) is 5.01 Å². The zero-order chi connectivity index (χ0) is 13.2. The Kier molecular flexibility index (Phi) is 4.20. The third-order valence-corrected chi connectivity index (χ3v) is 5.49. The molecule has 2 aliphatic rings. The van der Waals surface area contributed by atoms with Crippen LogP contribution in [-0.2, 0) is 13.1 Å². The van der Waals surface area contributed by atoms with Crippen molar-refractivity contribution in [1.29, 1.82) is 0 Å². The Morgan fingerprint density at radius 3 is 3.00 bits per heavy atom. The van der Waals surface area contributed by atoms with Crippen molar-refractivity contribution in [2.45, 2.75) is 64.7 Å². The molecule has 106 valence electrons. The van der Waals surface area contributed by atoms with Gasteiger partial charge in [0.05, 0.1) is 5.69 Å². The van der Waals surface area contributed by atoms with E-state index in [0.717, 1.165) is 25.0 Å². The summed E-state index contributed by atoms with van der Waals surface area (Å²) in [6, 6.07) is 1.47. The van der Waals surface area contributed by atoms with Gasteiger partial charge in [-0.1, -0.05) is 6.92 Å². The van der Waals surface area contributed by atoms with Crippen LogP contribution in [0.5, 0.6) is 0 Å². The summed E-state index contributed by atoms with van der Waals surface area (Å²) in [6.07, 6.45) is 5.42. The van der Waals surface area contributed by atoms with Crippen molar-refractivity contribution in [1.82, 2.24) is 15.2 Å². The minimum Gasteiger partial charge on any atom is -0.308 e. The van der Waals surface area contributed by atoms with Gasteiger partial charge in [0, 0.05) is 30.6 Å². The molecule has 1 aliphatic heterocycles. The fourth-order valence-corrected chi connectivity index (χ4v) is 3.61. The highest BCUT2D eigenvalue weighted by atomic mass is 32.1. The lowest BCUT2D eigenvalue weighted by Crippen LogP contribution is -2.41. The van der Waals surface area contributed by atoms with E-state index < -0.39 is 0 Å². The smallest absolute Gasteiger partial charge is 0.107 e. The minimum atomic E-state index is 0.698. The summed E-state index contributed by atoms with van der Waals surface area (Å²) >= 11 is 1.81. The van der Waals surface area contributed by atoms with E-state index in [1.807, 2.05) is 11.3 Å². The SMILES string of the molecule is CC1CCCN(Cc2csc(CNC3CC3)n2)C1C. The highest BCUT2D eigenvalue weighted by Crippen LogP contribution is 2.25. The molecular formula is C15H25N3S. The summed E-state index contributed by atoms with van der Waals surface area (Å²) in [7, 11) is 0. The number of nitrogens with zero attached hydrogens (tertiary/aromatic N) is 2. The molecule has 3 nitrogen and oxygen atoms in total. The van der Waals surface area contributed by atoms with Crippen LogP contribution in [0.4, 0.5) is 0 Å². The Morgan fingerprint density at radius 2 is 2.21 bits per heavy atom. The number of aromatic nitrogens is 1. The second-order valence-corrected chi connectivity index (χ2v) is 7.16. The Labute approximate surface area is 120 Å². The molecule has 1 N–H and O–H groups in total. The molecule has 0 spiro atoms. The van der Waals surface area contributed by atoms with Gasteiger partial charge in [-0.15, -0.1) is 11.3 Å². The summed E-state index contributed by atoms with van der Waals surface area (Å²) in [5.74, 6) is 0.823. The molecule has 1 aromatic heterocycles. The molecule has 2 fully saturated rings. The molecule has 1 saturated heterocycles. The van der Waals surface area contributed by atoms with Crippen LogP contribution in [0.3, 0.4) is 0 Å². The van der Waals surface area contributed by atoms with Gasteiger partial charge < -0.3 is 5.32 Å². The predicted molar refractivity (Wildman–Crippen MR) is 80.2 cm³/mol. The van der Waals surface area contributed by atoms with Gasteiger partial charge >= 0.3 is 0 Å². The van der Waals surface area contributed by atoms with Gasteiger partial charge in [0.15, 0.2) is 0 Å². The molecule has 0 amide bonds. The highest BCUT2D eigenvalue weighted by molar-refractivity contribution is 7.09. The predicted octanol–water partition coefficient (Wildman–Crippen LogP) is 3.02. The molecule has 1 saturated carbocycles. The monoisotopic (exact) mass is 279 g/mol. The number of hydrogen-bond acceptors (Lipinski definition) is 4. The van der Waals surface area contributed by atoms with Crippen molar-refractivity contribution in [3.8, 4) is 0 Å². The van der Waals surface area contributed by atoms with Crippen molar-refractivity contribution in [3.63, 3.8) is 0 Å². The van der Waals surface area contributed by atoms with Gasteiger partial charge in [0.25, 0.3) is 0 Å². The molecule has 4 heteroatoms. The molecule has 1 aliphatic carbocycles. The van der Waals surface area contributed by atoms with Crippen LogP contribution in [0.25, 0.3) is 0 Å². The molecule has 0 radical (unpaired) electrons. The first-order valence-corrected chi connectivity index (χ1v) is 8.51. The van der Waals surface area contributed by atoms with Gasteiger partial charge in [-0.25, -0.2) is 4.98 Å². The fraction of sp³-hybridized carbons (Fsp3) is 0.800.